The highest BCUT2D eigenvalue weighted by atomic mass is 79.9. The first kappa shape index (κ1) is 15.4. The standard InChI is InChI=1S/C16H18BrNOS/c1-2-15(16(18)12-7-4-3-5-8-12)20(19)14-10-6-9-13(17)11-14/h3-11,15-16H,2,18H2,1H3. The molecule has 2 aromatic rings. The number of rotatable bonds is 5. The second kappa shape index (κ2) is 7.16. The normalized spacial score (nSPS) is 15.6. The third-order valence-corrected chi connectivity index (χ3v) is 5.68. The molecule has 0 heterocycles. The van der Waals surface area contributed by atoms with Crippen LogP contribution in [0.1, 0.15) is 24.9 Å². The van der Waals surface area contributed by atoms with Gasteiger partial charge in [0.1, 0.15) is 0 Å². The summed E-state index contributed by atoms with van der Waals surface area (Å²) in [6.07, 6.45) is 0.773. The summed E-state index contributed by atoms with van der Waals surface area (Å²) in [7, 11) is -1.12. The molecule has 20 heavy (non-hydrogen) atoms. The molecule has 3 unspecified atom stereocenters. The summed E-state index contributed by atoms with van der Waals surface area (Å²) in [5, 5.41) is -0.0910. The Bertz CT molecular complexity index is 588. The summed E-state index contributed by atoms with van der Waals surface area (Å²) in [5.41, 5.74) is 7.35. The molecule has 2 aromatic carbocycles. The molecule has 0 radical (unpaired) electrons. The van der Waals surface area contributed by atoms with E-state index in [0.717, 1.165) is 21.4 Å². The van der Waals surface area contributed by atoms with Crippen molar-refractivity contribution in [1.29, 1.82) is 0 Å². The van der Waals surface area contributed by atoms with E-state index in [1.165, 1.54) is 0 Å². The average Bonchev–Trinajstić information content (AvgIpc) is 2.48. The first-order chi connectivity index (χ1) is 9.63. The maximum Gasteiger partial charge on any atom is 0.0584 e. The fourth-order valence-electron chi connectivity index (χ4n) is 2.20. The van der Waals surface area contributed by atoms with Crippen LogP contribution in [0.3, 0.4) is 0 Å². The summed E-state index contributed by atoms with van der Waals surface area (Å²) >= 11 is 3.42. The SMILES string of the molecule is CCC(C(N)c1ccccc1)S(=O)c1cccc(Br)c1. The summed E-state index contributed by atoms with van der Waals surface area (Å²) in [6.45, 7) is 2.03. The van der Waals surface area contributed by atoms with Crippen molar-refractivity contribution in [3.63, 3.8) is 0 Å². The minimum Gasteiger partial charge on any atom is -0.323 e. The predicted molar refractivity (Wildman–Crippen MR) is 88.0 cm³/mol. The fourth-order valence-corrected chi connectivity index (χ4v) is 4.28. The van der Waals surface area contributed by atoms with Gasteiger partial charge in [0, 0.05) is 15.4 Å². The van der Waals surface area contributed by atoms with Crippen molar-refractivity contribution >= 4 is 26.7 Å². The molecule has 2 rings (SSSR count). The molecule has 0 spiro atoms. The van der Waals surface area contributed by atoms with E-state index in [0.29, 0.717) is 0 Å². The Balaban J connectivity index is 2.26. The fraction of sp³-hybridized carbons (Fsp3) is 0.250. The zero-order chi connectivity index (χ0) is 14.5. The minimum absolute atomic E-state index is 0.0910. The van der Waals surface area contributed by atoms with Gasteiger partial charge < -0.3 is 5.73 Å². The molecule has 0 aliphatic heterocycles. The Kier molecular flexibility index (Phi) is 5.52. The van der Waals surface area contributed by atoms with Gasteiger partial charge in [0.15, 0.2) is 0 Å². The van der Waals surface area contributed by atoms with Gasteiger partial charge in [0.05, 0.1) is 16.0 Å². The quantitative estimate of drug-likeness (QED) is 0.883. The van der Waals surface area contributed by atoms with Crippen LogP contribution in [0.5, 0.6) is 0 Å². The zero-order valence-electron chi connectivity index (χ0n) is 11.3. The largest absolute Gasteiger partial charge is 0.323 e. The van der Waals surface area contributed by atoms with E-state index in [9.17, 15) is 4.21 Å². The topological polar surface area (TPSA) is 43.1 Å². The molecule has 0 aliphatic rings. The van der Waals surface area contributed by atoms with Gasteiger partial charge in [-0.25, -0.2) is 0 Å². The van der Waals surface area contributed by atoms with Crippen molar-refractivity contribution in [3.05, 3.63) is 64.6 Å². The van der Waals surface area contributed by atoms with Crippen molar-refractivity contribution in [1.82, 2.24) is 0 Å². The van der Waals surface area contributed by atoms with Crippen LogP contribution >= 0.6 is 15.9 Å². The summed E-state index contributed by atoms with van der Waals surface area (Å²) < 4.78 is 13.7. The van der Waals surface area contributed by atoms with Gasteiger partial charge in [-0.15, -0.1) is 0 Å². The van der Waals surface area contributed by atoms with Crippen LogP contribution in [0.2, 0.25) is 0 Å². The second-order valence-electron chi connectivity index (χ2n) is 4.64. The first-order valence-electron chi connectivity index (χ1n) is 6.60. The molecule has 0 aromatic heterocycles. The summed E-state index contributed by atoms with van der Waals surface area (Å²) in [5.74, 6) is 0. The molecule has 0 saturated carbocycles. The average molecular weight is 352 g/mol. The van der Waals surface area contributed by atoms with Crippen LogP contribution < -0.4 is 5.73 Å². The van der Waals surface area contributed by atoms with Crippen molar-refractivity contribution < 1.29 is 4.21 Å². The highest BCUT2D eigenvalue weighted by molar-refractivity contribution is 9.10. The van der Waals surface area contributed by atoms with Crippen molar-refractivity contribution in [3.8, 4) is 0 Å². The maximum absolute atomic E-state index is 12.8. The van der Waals surface area contributed by atoms with E-state index in [4.69, 9.17) is 5.73 Å². The van der Waals surface area contributed by atoms with Gasteiger partial charge in [0.2, 0.25) is 0 Å². The summed E-state index contributed by atoms with van der Waals surface area (Å²) in [6, 6.07) is 17.3. The van der Waals surface area contributed by atoms with Gasteiger partial charge in [0.25, 0.3) is 0 Å². The van der Waals surface area contributed by atoms with Gasteiger partial charge in [-0.2, -0.15) is 0 Å². The molecule has 0 amide bonds. The monoisotopic (exact) mass is 351 g/mol. The molecule has 0 saturated heterocycles. The van der Waals surface area contributed by atoms with Crippen LogP contribution in [-0.4, -0.2) is 9.46 Å². The highest BCUT2D eigenvalue weighted by Gasteiger charge is 2.25. The molecule has 0 aliphatic carbocycles. The first-order valence-corrected chi connectivity index (χ1v) is 8.60. The lowest BCUT2D eigenvalue weighted by atomic mass is 10.0. The van der Waals surface area contributed by atoms with Crippen molar-refractivity contribution in [2.45, 2.75) is 29.5 Å². The van der Waals surface area contributed by atoms with Crippen LogP contribution in [0, 0.1) is 0 Å². The van der Waals surface area contributed by atoms with Crippen LogP contribution in [0.15, 0.2) is 64.0 Å². The van der Waals surface area contributed by atoms with Gasteiger partial charge in [-0.1, -0.05) is 59.3 Å². The Hall–Kier alpha value is -0.970. The third-order valence-electron chi connectivity index (χ3n) is 3.29. The Morgan fingerprint density at radius 2 is 1.85 bits per heavy atom. The maximum atomic E-state index is 12.8. The van der Waals surface area contributed by atoms with E-state index in [1.54, 1.807) is 0 Å². The molecular formula is C16H18BrNOS. The van der Waals surface area contributed by atoms with Gasteiger partial charge >= 0.3 is 0 Å². The molecular weight excluding hydrogens is 334 g/mol. The number of hydrogen-bond donors (Lipinski definition) is 1. The lowest BCUT2D eigenvalue weighted by Crippen LogP contribution is -2.29. The molecule has 2 N–H and O–H groups in total. The predicted octanol–water partition coefficient (Wildman–Crippen LogP) is 4.04. The summed E-state index contributed by atoms with van der Waals surface area (Å²) in [4.78, 5) is 0.817. The molecule has 106 valence electrons. The Labute approximate surface area is 131 Å². The third kappa shape index (κ3) is 3.57. The van der Waals surface area contributed by atoms with E-state index in [2.05, 4.69) is 15.9 Å². The lowest BCUT2D eigenvalue weighted by Gasteiger charge is -2.22. The molecule has 3 atom stereocenters. The van der Waals surface area contributed by atoms with Gasteiger partial charge in [-0.05, 0) is 30.2 Å². The van der Waals surface area contributed by atoms with E-state index < -0.39 is 10.8 Å². The molecule has 0 fully saturated rings. The van der Waals surface area contributed by atoms with Crippen LogP contribution in [0.25, 0.3) is 0 Å². The van der Waals surface area contributed by atoms with Crippen molar-refractivity contribution in [2.24, 2.45) is 5.73 Å². The smallest absolute Gasteiger partial charge is 0.0584 e. The van der Waals surface area contributed by atoms with Gasteiger partial charge in [-0.3, -0.25) is 4.21 Å². The number of benzene rings is 2. The number of nitrogens with two attached hydrogens (primary N) is 1. The second-order valence-corrected chi connectivity index (χ2v) is 7.23. The lowest BCUT2D eigenvalue weighted by molar-refractivity contribution is 0.612. The Morgan fingerprint density at radius 3 is 2.45 bits per heavy atom. The zero-order valence-corrected chi connectivity index (χ0v) is 13.7. The highest BCUT2D eigenvalue weighted by Crippen LogP contribution is 2.26. The van der Waals surface area contributed by atoms with E-state index in [1.807, 2.05) is 61.5 Å². The van der Waals surface area contributed by atoms with E-state index >= 15 is 0 Å². The van der Waals surface area contributed by atoms with Crippen LogP contribution in [-0.2, 0) is 10.8 Å². The molecule has 0 bridgehead atoms. The minimum atomic E-state index is -1.12. The molecule has 4 heteroatoms. The van der Waals surface area contributed by atoms with Crippen molar-refractivity contribution in [2.75, 3.05) is 0 Å². The Morgan fingerprint density at radius 1 is 1.15 bits per heavy atom. The van der Waals surface area contributed by atoms with E-state index in [-0.39, 0.29) is 11.3 Å². The van der Waals surface area contributed by atoms with Crippen LogP contribution in [0.4, 0.5) is 0 Å². The molecule has 2 nitrogen and oxygen atoms in total. The number of halogens is 1. The number of hydrogen-bond acceptors (Lipinski definition) is 2.